The topological polar surface area (TPSA) is 237 Å². The Morgan fingerprint density at radius 1 is 0.923 bits per heavy atom. The van der Waals surface area contributed by atoms with E-state index in [2.05, 4.69) is 25.9 Å². The second-order valence-electron chi connectivity index (χ2n) is 9.38. The van der Waals surface area contributed by atoms with Gasteiger partial charge in [-0.3, -0.25) is 19.2 Å². The lowest BCUT2D eigenvalue weighted by Crippen LogP contribution is -2.58. The number of nitrogens with zero attached hydrogens (tertiary/aromatic N) is 1. The molecule has 3 amide bonds. The summed E-state index contributed by atoms with van der Waals surface area (Å²) in [4.78, 5) is 68.5. The molecule has 0 spiro atoms. The molecule has 0 aliphatic rings. The maximum absolute atomic E-state index is 13.2. The molecule has 14 heteroatoms. The monoisotopic (exact) mass is 546 g/mol. The van der Waals surface area contributed by atoms with E-state index in [-0.39, 0.29) is 25.0 Å². The van der Waals surface area contributed by atoms with Crippen molar-refractivity contribution >= 4 is 29.7 Å². The molecule has 14 nitrogen and oxygen atoms in total. The van der Waals surface area contributed by atoms with Gasteiger partial charge < -0.3 is 42.0 Å². The molecule has 1 aromatic carbocycles. The van der Waals surface area contributed by atoms with Crippen LogP contribution < -0.4 is 21.7 Å². The number of imidazole rings is 1. The van der Waals surface area contributed by atoms with Crippen molar-refractivity contribution < 1.29 is 39.3 Å². The lowest BCUT2D eigenvalue weighted by molar-refractivity contribution is -0.143. The van der Waals surface area contributed by atoms with Crippen LogP contribution in [0.3, 0.4) is 0 Å². The molecule has 0 saturated heterocycles. The van der Waals surface area contributed by atoms with Gasteiger partial charge in [-0.2, -0.15) is 0 Å². The number of carbonyl (C=O) groups is 5. The van der Waals surface area contributed by atoms with Crippen molar-refractivity contribution in [1.29, 1.82) is 0 Å². The first-order valence-electron chi connectivity index (χ1n) is 12.2. The number of benzene rings is 1. The van der Waals surface area contributed by atoms with Crippen LogP contribution in [0.5, 0.6) is 5.75 Å². The van der Waals surface area contributed by atoms with E-state index in [1.54, 1.807) is 13.8 Å². The number of H-pyrrole nitrogens is 1. The third kappa shape index (κ3) is 10.1. The molecule has 212 valence electrons. The number of amides is 3. The Balaban J connectivity index is 2.24. The van der Waals surface area contributed by atoms with Gasteiger partial charge in [0.1, 0.15) is 23.9 Å². The summed E-state index contributed by atoms with van der Waals surface area (Å²) in [6, 6.07) is 0.869. The number of carboxylic acid groups (broad SMARTS) is 2. The summed E-state index contributed by atoms with van der Waals surface area (Å²) >= 11 is 0. The molecule has 4 unspecified atom stereocenters. The zero-order chi connectivity index (χ0) is 29.1. The molecular weight excluding hydrogens is 512 g/mol. The van der Waals surface area contributed by atoms with E-state index >= 15 is 0 Å². The third-order valence-corrected chi connectivity index (χ3v) is 5.85. The van der Waals surface area contributed by atoms with Crippen LogP contribution in [-0.2, 0) is 36.8 Å². The maximum atomic E-state index is 13.2. The van der Waals surface area contributed by atoms with Crippen LogP contribution in [0.1, 0.15) is 37.9 Å². The quantitative estimate of drug-likeness (QED) is 0.140. The van der Waals surface area contributed by atoms with E-state index in [4.69, 9.17) is 10.8 Å². The number of rotatable bonds is 15. The van der Waals surface area contributed by atoms with Crippen molar-refractivity contribution in [2.24, 2.45) is 11.7 Å². The molecule has 9 N–H and O–H groups in total. The smallest absolute Gasteiger partial charge is 0.326 e. The molecule has 0 radical (unpaired) electrons. The van der Waals surface area contributed by atoms with Crippen LogP contribution in [0.15, 0.2) is 36.8 Å². The molecular formula is C25H34N6O8. The van der Waals surface area contributed by atoms with E-state index in [1.165, 1.54) is 36.8 Å². The highest BCUT2D eigenvalue weighted by molar-refractivity contribution is 5.94. The average Bonchev–Trinajstić information content (AvgIpc) is 3.38. The van der Waals surface area contributed by atoms with Crippen LogP contribution in [0, 0.1) is 5.92 Å². The number of aromatic nitrogens is 2. The van der Waals surface area contributed by atoms with Crippen molar-refractivity contribution in [3.8, 4) is 5.75 Å². The summed E-state index contributed by atoms with van der Waals surface area (Å²) in [6.45, 7) is 3.22. The molecule has 39 heavy (non-hydrogen) atoms. The summed E-state index contributed by atoms with van der Waals surface area (Å²) in [5.74, 6) is -5.31. The molecule has 0 fully saturated rings. The number of carboxylic acids is 2. The fraction of sp³-hybridized carbons (Fsp3) is 0.440. The Kier molecular flexibility index (Phi) is 11.4. The van der Waals surface area contributed by atoms with E-state index < -0.39 is 66.2 Å². The number of hydrogen-bond acceptors (Lipinski definition) is 8. The van der Waals surface area contributed by atoms with E-state index in [9.17, 15) is 34.2 Å². The van der Waals surface area contributed by atoms with Gasteiger partial charge in [0.25, 0.3) is 0 Å². The summed E-state index contributed by atoms with van der Waals surface area (Å²) in [5, 5.41) is 35.5. The minimum absolute atomic E-state index is 0.0162. The number of nitrogens with two attached hydrogens (primary N) is 1. The van der Waals surface area contributed by atoms with Gasteiger partial charge in [-0.1, -0.05) is 26.0 Å². The molecule has 0 aliphatic heterocycles. The van der Waals surface area contributed by atoms with Gasteiger partial charge in [-0.05, 0) is 30.0 Å². The van der Waals surface area contributed by atoms with Gasteiger partial charge in [0, 0.05) is 31.2 Å². The van der Waals surface area contributed by atoms with Crippen LogP contribution in [0.4, 0.5) is 0 Å². The predicted octanol–water partition coefficient (Wildman–Crippen LogP) is -0.712. The first-order valence-corrected chi connectivity index (χ1v) is 12.2. The highest BCUT2D eigenvalue weighted by Crippen LogP contribution is 2.13. The lowest BCUT2D eigenvalue weighted by Gasteiger charge is -2.26. The van der Waals surface area contributed by atoms with Crippen LogP contribution in [0.25, 0.3) is 0 Å². The van der Waals surface area contributed by atoms with Gasteiger partial charge in [-0.25, -0.2) is 9.78 Å². The molecule has 2 rings (SSSR count). The van der Waals surface area contributed by atoms with Crippen molar-refractivity contribution in [3.63, 3.8) is 0 Å². The highest BCUT2D eigenvalue weighted by Gasteiger charge is 2.31. The fourth-order valence-corrected chi connectivity index (χ4v) is 3.66. The van der Waals surface area contributed by atoms with Gasteiger partial charge in [0.2, 0.25) is 17.7 Å². The standard InChI is InChI=1S/C25H34N6O8/c1-13(2)21(25(38)39)31-24(37)19(9-14-3-5-16(32)6-4-14)30-23(36)18(7-8-20(33)34)29-22(35)17(26)10-15-11-27-12-28-15/h3-6,11-13,17-19,21,32H,7-10,26H2,1-2H3,(H,27,28)(H,29,35)(H,30,36)(H,31,37)(H,33,34)(H,38,39). The highest BCUT2D eigenvalue weighted by atomic mass is 16.4. The fourth-order valence-electron chi connectivity index (χ4n) is 3.66. The first kappa shape index (κ1) is 30.8. The second kappa shape index (κ2) is 14.5. The normalized spacial score (nSPS) is 14.1. The molecule has 2 aromatic rings. The van der Waals surface area contributed by atoms with Gasteiger partial charge in [-0.15, -0.1) is 0 Å². The minimum atomic E-state index is -1.35. The number of aromatic hydroxyl groups is 1. The molecule has 0 saturated carbocycles. The van der Waals surface area contributed by atoms with E-state index in [1.807, 2.05) is 0 Å². The number of nitrogens with one attached hydrogen (secondary N) is 4. The molecule has 4 atom stereocenters. The first-order chi connectivity index (χ1) is 18.4. The number of phenolic OH excluding ortho intramolecular Hbond substituents is 1. The minimum Gasteiger partial charge on any atom is -0.508 e. The Bertz CT molecular complexity index is 1140. The number of hydrogen-bond donors (Lipinski definition) is 8. The number of carbonyl (C=O) groups excluding carboxylic acids is 3. The van der Waals surface area contributed by atoms with E-state index in [0.29, 0.717) is 11.3 Å². The molecule has 0 bridgehead atoms. The molecule has 0 aliphatic carbocycles. The number of aliphatic carboxylic acids is 2. The van der Waals surface area contributed by atoms with Crippen molar-refractivity contribution in [2.75, 3.05) is 0 Å². The average molecular weight is 547 g/mol. The Labute approximate surface area is 224 Å². The SMILES string of the molecule is CC(C)C(NC(=O)C(Cc1ccc(O)cc1)NC(=O)C(CCC(=O)O)NC(=O)C(N)Cc1cnc[nH]1)C(=O)O. The summed E-state index contributed by atoms with van der Waals surface area (Å²) < 4.78 is 0. The molecule has 1 heterocycles. The summed E-state index contributed by atoms with van der Waals surface area (Å²) in [5.41, 5.74) is 7.06. The number of phenols is 1. The third-order valence-electron chi connectivity index (χ3n) is 5.85. The van der Waals surface area contributed by atoms with Crippen molar-refractivity contribution in [3.05, 3.63) is 48.0 Å². The van der Waals surface area contributed by atoms with Gasteiger partial charge in [0.05, 0.1) is 12.4 Å². The van der Waals surface area contributed by atoms with Crippen LogP contribution in [0.2, 0.25) is 0 Å². The zero-order valence-corrected chi connectivity index (χ0v) is 21.6. The van der Waals surface area contributed by atoms with Crippen molar-refractivity contribution in [1.82, 2.24) is 25.9 Å². The van der Waals surface area contributed by atoms with E-state index in [0.717, 1.165) is 0 Å². The Hall–Kier alpha value is -4.46. The summed E-state index contributed by atoms with van der Waals surface area (Å²) in [6.07, 6.45) is 2.14. The van der Waals surface area contributed by atoms with Gasteiger partial charge >= 0.3 is 11.9 Å². The predicted molar refractivity (Wildman–Crippen MR) is 137 cm³/mol. The second-order valence-corrected chi connectivity index (χ2v) is 9.38. The molecule has 1 aromatic heterocycles. The number of aromatic amines is 1. The van der Waals surface area contributed by atoms with Crippen molar-refractivity contribution in [2.45, 2.75) is 63.7 Å². The van der Waals surface area contributed by atoms with Gasteiger partial charge in [0.15, 0.2) is 0 Å². The largest absolute Gasteiger partial charge is 0.508 e. The lowest BCUT2D eigenvalue weighted by atomic mass is 10.0. The Morgan fingerprint density at radius 3 is 2.08 bits per heavy atom. The van der Waals surface area contributed by atoms with Crippen LogP contribution >= 0.6 is 0 Å². The zero-order valence-electron chi connectivity index (χ0n) is 21.6. The maximum Gasteiger partial charge on any atom is 0.326 e. The van der Waals surface area contributed by atoms with Crippen LogP contribution in [-0.4, -0.2) is 79.1 Å². The Morgan fingerprint density at radius 2 is 1.54 bits per heavy atom. The summed E-state index contributed by atoms with van der Waals surface area (Å²) in [7, 11) is 0.